The maximum atomic E-state index is 11.7. The minimum atomic E-state index is -0.309. The summed E-state index contributed by atoms with van der Waals surface area (Å²) in [6.45, 7) is 6.67. The fourth-order valence-corrected chi connectivity index (χ4v) is 2.46. The van der Waals surface area contributed by atoms with Crippen LogP contribution in [0.5, 0.6) is 0 Å². The smallest absolute Gasteiger partial charge is 0.336 e. The topological polar surface area (TPSA) is 54.9 Å². The lowest BCUT2D eigenvalue weighted by Gasteiger charge is -2.17. The van der Waals surface area contributed by atoms with Crippen molar-refractivity contribution in [2.24, 2.45) is 0 Å². The number of quaternary nitrogens is 1. The van der Waals surface area contributed by atoms with Crippen LogP contribution in [0.3, 0.4) is 0 Å². The van der Waals surface area contributed by atoms with Gasteiger partial charge in [-0.3, -0.25) is 0 Å². The maximum Gasteiger partial charge on any atom is 0.336 e. The van der Waals surface area contributed by atoms with E-state index in [0.29, 0.717) is 12.1 Å². The van der Waals surface area contributed by atoms with Gasteiger partial charge >= 0.3 is 5.63 Å². The summed E-state index contributed by atoms with van der Waals surface area (Å²) in [6.07, 6.45) is 0.954. The minimum Gasteiger partial charge on any atom is -0.423 e. The molecule has 1 unspecified atom stereocenters. The van der Waals surface area contributed by atoms with Crippen LogP contribution in [0.4, 0.5) is 0 Å². The Bertz CT molecular complexity index is 633. The fraction of sp³-hybridized carbons (Fsp3) is 0.438. The van der Waals surface area contributed by atoms with E-state index in [1.807, 2.05) is 12.1 Å². The third-order valence-corrected chi connectivity index (χ3v) is 3.71. The molecule has 108 valence electrons. The molecule has 20 heavy (non-hydrogen) atoms. The molecule has 0 spiro atoms. The molecule has 0 radical (unpaired) electrons. The number of fused-ring (bicyclic) bond motifs is 1. The molecule has 4 nitrogen and oxygen atoms in total. The zero-order valence-corrected chi connectivity index (χ0v) is 12.1. The lowest BCUT2D eigenvalue weighted by Crippen LogP contribution is -3.10. The molecule has 2 rings (SSSR count). The lowest BCUT2D eigenvalue weighted by atomic mass is 10.1. The molecule has 0 amide bonds. The van der Waals surface area contributed by atoms with Gasteiger partial charge in [0.15, 0.2) is 0 Å². The highest BCUT2D eigenvalue weighted by molar-refractivity contribution is 5.80. The highest BCUT2D eigenvalue weighted by atomic mass is 16.4. The van der Waals surface area contributed by atoms with E-state index in [1.165, 1.54) is 10.5 Å². The number of likely N-dealkylation sites (N-methyl/N-ethyl adjacent to an activating group) is 1. The van der Waals surface area contributed by atoms with Gasteiger partial charge in [-0.25, -0.2) is 4.79 Å². The maximum absolute atomic E-state index is 11.7. The standard InChI is InChI=1S/C16H21NO3/c1-3-12-5-6-15-14(9-12)13(10-16(19)20-15)11-17(4-2)7-8-18/h5-6,9-10,18H,3-4,7-8,11H2,1-2H3/p+1. The SMILES string of the molecule is CCc1ccc2oc(=O)cc(C[NH+](CC)CCO)c2c1. The third-order valence-electron chi connectivity index (χ3n) is 3.71. The van der Waals surface area contributed by atoms with Crippen molar-refractivity contribution in [1.29, 1.82) is 0 Å². The van der Waals surface area contributed by atoms with Crippen molar-refractivity contribution in [3.8, 4) is 0 Å². The summed E-state index contributed by atoms with van der Waals surface area (Å²) >= 11 is 0. The Morgan fingerprint density at radius 3 is 2.70 bits per heavy atom. The Kier molecular flexibility index (Phi) is 4.93. The molecule has 1 aromatic carbocycles. The first-order chi connectivity index (χ1) is 9.67. The van der Waals surface area contributed by atoms with Gasteiger partial charge in [0.1, 0.15) is 18.7 Å². The van der Waals surface area contributed by atoms with Crippen LogP contribution >= 0.6 is 0 Å². The van der Waals surface area contributed by atoms with Gasteiger partial charge in [0.05, 0.1) is 13.2 Å². The summed E-state index contributed by atoms with van der Waals surface area (Å²) in [6, 6.07) is 7.54. The van der Waals surface area contributed by atoms with Crippen LogP contribution in [0.25, 0.3) is 11.0 Å². The van der Waals surface area contributed by atoms with E-state index in [2.05, 4.69) is 19.9 Å². The van der Waals surface area contributed by atoms with Crippen molar-refractivity contribution in [3.63, 3.8) is 0 Å². The number of benzene rings is 1. The predicted octanol–water partition coefficient (Wildman–Crippen LogP) is 0.752. The molecule has 4 heteroatoms. The van der Waals surface area contributed by atoms with E-state index in [4.69, 9.17) is 9.52 Å². The van der Waals surface area contributed by atoms with Crippen LogP contribution in [-0.4, -0.2) is 24.8 Å². The molecule has 2 N–H and O–H groups in total. The highest BCUT2D eigenvalue weighted by Crippen LogP contribution is 2.18. The Labute approximate surface area is 118 Å². The first kappa shape index (κ1) is 14.8. The zero-order valence-electron chi connectivity index (χ0n) is 12.1. The Morgan fingerprint density at radius 2 is 2.05 bits per heavy atom. The van der Waals surface area contributed by atoms with Crippen LogP contribution in [0, 0.1) is 0 Å². The Morgan fingerprint density at radius 1 is 1.25 bits per heavy atom. The summed E-state index contributed by atoms with van der Waals surface area (Å²) in [4.78, 5) is 12.9. The molecule has 0 saturated heterocycles. The monoisotopic (exact) mass is 276 g/mol. The Hall–Kier alpha value is -1.65. The zero-order chi connectivity index (χ0) is 14.5. The second-order valence-corrected chi connectivity index (χ2v) is 5.03. The largest absolute Gasteiger partial charge is 0.423 e. The summed E-state index contributed by atoms with van der Waals surface area (Å²) in [7, 11) is 0. The normalized spacial score (nSPS) is 12.8. The van der Waals surface area contributed by atoms with Crippen LogP contribution in [0.15, 0.2) is 33.5 Å². The number of aryl methyl sites for hydroxylation is 1. The van der Waals surface area contributed by atoms with Gasteiger partial charge in [0, 0.05) is 17.0 Å². The van der Waals surface area contributed by atoms with Gasteiger partial charge in [0.25, 0.3) is 0 Å². The van der Waals surface area contributed by atoms with E-state index >= 15 is 0 Å². The van der Waals surface area contributed by atoms with Crippen LogP contribution in [0.2, 0.25) is 0 Å². The van der Waals surface area contributed by atoms with Gasteiger partial charge in [-0.2, -0.15) is 0 Å². The number of rotatable bonds is 6. The number of aliphatic hydroxyl groups excluding tert-OH is 1. The number of aliphatic hydroxyl groups is 1. The van der Waals surface area contributed by atoms with Crippen molar-refractivity contribution in [1.82, 2.24) is 0 Å². The number of nitrogens with one attached hydrogen (secondary N) is 1. The number of hydrogen-bond acceptors (Lipinski definition) is 3. The molecule has 2 aromatic rings. The van der Waals surface area contributed by atoms with Crippen molar-refractivity contribution in [2.75, 3.05) is 19.7 Å². The summed E-state index contributed by atoms with van der Waals surface area (Å²) in [5.74, 6) is 0. The van der Waals surface area contributed by atoms with E-state index in [0.717, 1.165) is 30.5 Å². The van der Waals surface area contributed by atoms with Crippen LogP contribution < -0.4 is 10.5 Å². The first-order valence-corrected chi connectivity index (χ1v) is 7.18. The quantitative estimate of drug-likeness (QED) is 0.766. The minimum absolute atomic E-state index is 0.156. The average Bonchev–Trinajstić information content (AvgIpc) is 2.46. The van der Waals surface area contributed by atoms with E-state index in [9.17, 15) is 4.79 Å². The summed E-state index contributed by atoms with van der Waals surface area (Å²) in [5, 5.41) is 10.1. The van der Waals surface area contributed by atoms with Gasteiger partial charge in [-0.15, -0.1) is 0 Å². The molecule has 0 fully saturated rings. The molecular formula is C16H22NO3+. The molecule has 1 atom stereocenters. The molecule has 1 aromatic heterocycles. The summed E-state index contributed by atoms with van der Waals surface area (Å²) in [5.41, 5.74) is 2.56. The first-order valence-electron chi connectivity index (χ1n) is 7.18. The second kappa shape index (κ2) is 6.68. The summed E-state index contributed by atoms with van der Waals surface area (Å²) < 4.78 is 5.26. The van der Waals surface area contributed by atoms with Crippen LogP contribution in [0.1, 0.15) is 25.0 Å². The molecule has 0 aliphatic heterocycles. The molecule has 0 aliphatic carbocycles. The second-order valence-electron chi connectivity index (χ2n) is 5.03. The van der Waals surface area contributed by atoms with Gasteiger partial charge in [-0.1, -0.05) is 13.0 Å². The predicted molar refractivity (Wildman–Crippen MR) is 79.0 cm³/mol. The van der Waals surface area contributed by atoms with Crippen molar-refractivity contribution in [3.05, 3.63) is 45.8 Å². The fourth-order valence-electron chi connectivity index (χ4n) is 2.46. The molecule has 1 heterocycles. The van der Waals surface area contributed by atoms with Gasteiger partial charge in [0.2, 0.25) is 0 Å². The van der Waals surface area contributed by atoms with Crippen molar-refractivity contribution < 1.29 is 14.4 Å². The van der Waals surface area contributed by atoms with E-state index in [1.54, 1.807) is 6.07 Å². The third kappa shape index (κ3) is 3.26. The molecule has 0 aliphatic rings. The van der Waals surface area contributed by atoms with Gasteiger partial charge < -0.3 is 14.4 Å². The average molecular weight is 276 g/mol. The van der Waals surface area contributed by atoms with E-state index in [-0.39, 0.29) is 12.2 Å². The van der Waals surface area contributed by atoms with Crippen molar-refractivity contribution >= 4 is 11.0 Å². The van der Waals surface area contributed by atoms with Crippen molar-refractivity contribution in [2.45, 2.75) is 26.8 Å². The molecule has 0 bridgehead atoms. The van der Waals surface area contributed by atoms with Crippen LogP contribution in [-0.2, 0) is 13.0 Å². The lowest BCUT2D eigenvalue weighted by molar-refractivity contribution is -0.912. The Balaban J connectivity index is 2.46. The molecule has 0 saturated carbocycles. The molecular weight excluding hydrogens is 254 g/mol. The number of hydrogen-bond donors (Lipinski definition) is 2. The highest BCUT2D eigenvalue weighted by Gasteiger charge is 2.12. The van der Waals surface area contributed by atoms with E-state index < -0.39 is 0 Å². The van der Waals surface area contributed by atoms with Gasteiger partial charge in [-0.05, 0) is 31.0 Å².